The van der Waals surface area contributed by atoms with Gasteiger partial charge in [0.2, 0.25) is 28.6 Å². The van der Waals surface area contributed by atoms with E-state index in [-0.39, 0.29) is 43.1 Å². The van der Waals surface area contributed by atoms with Crippen molar-refractivity contribution in [1.82, 2.24) is 10.2 Å². The molecule has 0 saturated carbocycles. The van der Waals surface area contributed by atoms with Gasteiger partial charge in [-0.1, -0.05) is 66.5 Å². The Labute approximate surface area is 262 Å². The van der Waals surface area contributed by atoms with Gasteiger partial charge in [-0.3, -0.25) is 13.9 Å². The molecule has 12 heteroatoms. The summed E-state index contributed by atoms with van der Waals surface area (Å²) in [6.07, 6.45) is 0.901. The molecule has 1 aliphatic rings. The first-order valence-corrected chi connectivity index (χ1v) is 16.4. The van der Waals surface area contributed by atoms with Crippen LogP contribution in [0.4, 0.5) is 5.69 Å². The summed E-state index contributed by atoms with van der Waals surface area (Å²) in [5.41, 5.74) is 1.72. The molecule has 9 nitrogen and oxygen atoms in total. The summed E-state index contributed by atoms with van der Waals surface area (Å²) in [7, 11) is -3.92. The van der Waals surface area contributed by atoms with Crippen LogP contribution in [0.2, 0.25) is 10.0 Å². The summed E-state index contributed by atoms with van der Waals surface area (Å²) < 4.78 is 38.6. The SMILES string of the molecule is CC[C@@H](C)NC(=O)[C@@H](Cc1ccccc1)N(Cc1ccc(Cl)c(Cl)c1)C(=O)CN(c1ccc2c(c1)OCO2)S(=O)(=O)CC. The van der Waals surface area contributed by atoms with E-state index in [0.29, 0.717) is 33.5 Å². The van der Waals surface area contributed by atoms with Crippen molar-refractivity contribution in [1.29, 1.82) is 0 Å². The molecular formula is C31H35Cl2N3O6S. The molecule has 0 bridgehead atoms. The van der Waals surface area contributed by atoms with Gasteiger partial charge in [0.25, 0.3) is 0 Å². The first-order chi connectivity index (χ1) is 20.5. The minimum absolute atomic E-state index is 0.0116. The summed E-state index contributed by atoms with van der Waals surface area (Å²) in [4.78, 5) is 29.5. The topological polar surface area (TPSA) is 105 Å². The number of nitrogens with zero attached hydrogens (tertiary/aromatic N) is 2. The number of sulfonamides is 1. The van der Waals surface area contributed by atoms with Crippen molar-refractivity contribution in [2.24, 2.45) is 0 Å². The van der Waals surface area contributed by atoms with Gasteiger partial charge >= 0.3 is 0 Å². The summed E-state index contributed by atoms with van der Waals surface area (Å²) in [5.74, 6) is -0.303. The Morgan fingerprint density at radius 2 is 1.65 bits per heavy atom. The van der Waals surface area contributed by atoms with E-state index >= 15 is 0 Å². The van der Waals surface area contributed by atoms with E-state index in [1.54, 1.807) is 30.3 Å². The van der Waals surface area contributed by atoms with Crippen LogP contribution < -0.4 is 19.1 Å². The van der Waals surface area contributed by atoms with Crippen molar-refractivity contribution in [3.8, 4) is 11.5 Å². The summed E-state index contributed by atoms with van der Waals surface area (Å²) in [5, 5.41) is 3.65. The van der Waals surface area contributed by atoms with Gasteiger partial charge in [0, 0.05) is 25.1 Å². The van der Waals surface area contributed by atoms with Crippen LogP contribution in [0.15, 0.2) is 66.7 Å². The number of carbonyl (C=O) groups is 2. The van der Waals surface area contributed by atoms with E-state index in [4.69, 9.17) is 32.7 Å². The number of rotatable bonds is 13. The number of fused-ring (bicyclic) bond motifs is 1. The first kappa shape index (κ1) is 32.4. The second-order valence-corrected chi connectivity index (χ2v) is 13.2. The maximum Gasteiger partial charge on any atom is 0.244 e. The molecule has 3 aromatic carbocycles. The van der Waals surface area contributed by atoms with Crippen molar-refractivity contribution in [3.63, 3.8) is 0 Å². The molecule has 0 spiro atoms. The van der Waals surface area contributed by atoms with E-state index < -0.39 is 28.5 Å². The van der Waals surface area contributed by atoms with Crippen LogP contribution >= 0.6 is 23.2 Å². The van der Waals surface area contributed by atoms with Crippen LogP contribution in [0, 0.1) is 0 Å². The van der Waals surface area contributed by atoms with Gasteiger partial charge in [-0.15, -0.1) is 0 Å². The van der Waals surface area contributed by atoms with E-state index in [9.17, 15) is 18.0 Å². The third-order valence-corrected chi connectivity index (χ3v) is 9.71. The Morgan fingerprint density at radius 3 is 2.33 bits per heavy atom. The molecular weight excluding hydrogens is 613 g/mol. The molecule has 230 valence electrons. The summed E-state index contributed by atoms with van der Waals surface area (Å²) in [6, 6.07) is 17.9. The molecule has 1 aliphatic heterocycles. The third kappa shape index (κ3) is 8.13. The smallest absolute Gasteiger partial charge is 0.244 e. The lowest BCUT2D eigenvalue weighted by molar-refractivity contribution is -0.140. The lowest BCUT2D eigenvalue weighted by Gasteiger charge is -2.34. The highest BCUT2D eigenvalue weighted by Crippen LogP contribution is 2.36. The number of carbonyl (C=O) groups excluding carboxylic acids is 2. The van der Waals surface area contributed by atoms with Gasteiger partial charge in [0.1, 0.15) is 12.6 Å². The second kappa shape index (κ2) is 14.3. The lowest BCUT2D eigenvalue weighted by atomic mass is 10.0. The van der Waals surface area contributed by atoms with Crippen molar-refractivity contribution < 1.29 is 27.5 Å². The van der Waals surface area contributed by atoms with E-state index in [1.807, 2.05) is 44.2 Å². The molecule has 2 amide bonds. The molecule has 0 radical (unpaired) electrons. The normalized spacial score (nSPS) is 13.7. The van der Waals surface area contributed by atoms with Crippen molar-refractivity contribution in [3.05, 3.63) is 87.9 Å². The molecule has 0 fully saturated rings. The summed E-state index contributed by atoms with van der Waals surface area (Å²) in [6.45, 7) is 4.81. The number of halogens is 2. The van der Waals surface area contributed by atoms with Crippen molar-refractivity contribution in [2.75, 3.05) is 23.4 Å². The van der Waals surface area contributed by atoms with Gasteiger partial charge in [-0.25, -0.2) is 8.42 Å². The average Bonchev–Trinajstić information content (AvgIpc) is 3.47. The molecule has 4 rings (SSSR count). The molecule has 2 atom stereocenters. The fourth-order valence-electron chi connectivity index (χ4n) is 4.59. The fourth-order valence-corrected chi connectivity index (χ4v) is 5.96. The fraction of sp³-hybridized carbons (Fsp3) is 0.355. The Bertz CT molecular complexity index is 1550. The van der Waals surface area contributed by atoms with Gasteiger partial charge in [-0.05, 0) is 55.7 Å². The number of hydrogen-bond acceptors (Lipinski definition) is 6. The highest BCUT2D eigenvalue weighted by atomic mass is 35.5. The maximum absolute atomic E-state index is 14.3. The zero-order chi connectivity index (χ0) is 31.1. The quantitative estimate of drug-likeness (QED) is 0.265. The number of hydrogen-bond donors (Lipinski definition) is 1. The molecule has 3 aromatic rings. The van der Waals surface area contributed by atoms with E-state index in [2.05, 4.69) is 5.32 Å². The van der Waals surface area contributed by atoms with Gasteiger partial charge in [0.05, 0.1) is 21.5 Å². The minimum atomic E-state index is -3.92. The van der Waals surface area contributed by atoms with E-state index in [0.717, 1.165) is 9.87 Å². The number of ether oxygens (including phenoxy) is 2. The first-order valence-electron chi connectivity index (χ1n) is 14.0. The highest BCUT2D eigenvalue weighted by Gasteiger charge is 2.34. The van der Waals surface area contributed by atoms with Crippen LogP contribution in [0.5, 0.6) is 11.5 Å². The predicted molar refractivity (Wildman–Crippen MR) is 168 cm³/mol. The third-order valence-electron chi connectivity index (χ3n) is 7.23. The molecule has 0 aromatic heterocycles. The molecule has 43 heavy (non-hydrogen) atoms. The van der Waals surface area contributed by atoms with Gasteiger partial charge < -0.3 is 19.7 Å². The monoisotopic (exact) mass is 647 g/mol. The molecule has 0 aliphatic carbocycles. The maximum atomic E-state index is 14.3. The van der Waals surface area contributed by atoms with Crippen LogP contribution in [-0.4, -0.2) is 56.3 Å². The van der Waals surface area contributed by atoms with E-state index in [1.165, 1.54) is 17.9 Å². The van der Waals surface area contributed by atoms with Gasteiger partial charge in [-0.2, -0.15) is 0 Å². The minimum Gasteiger partial charge on any atom is -0.454 e. The second-order valence-electron chi connectivity index (χ2n) is 10.2. The standard InChI is InChI=1S/C31H35Cl2N3O6S/c1-4-21(3)34-31(38)27(16-22-9-7-6-8-10-22)35(18-23-11-13-25(32)26(33)15-23)30(37)19-36(43(39,40)5-2)24-12-14-28-29(17-24)42-20-41-28/h6-15,17,21,27H,4-5,16,18-20H2,1-3H3,(H,34,38)/t21-,27-/m1/s1. The molecule has 0 saturated heterocycles. The zero-order valence-electron chi connectivity index (χ0n) is 24.3. The largest absolute Gasteiger partial charge is 0.454 e. The van der Waals surface area contributed by atoms with Crippen molar-refractivity contribution in [2.45, 2.75) is 52.2 Å². The molecule has 1 N–H and O–H groups in total. The number of nitrogens with one attached hydrogen (secondary N) is 1. The van der Waals surface area contributed by atoms with Crippen LogP contribution in [0.3, 0.4) is 0 Å². The Morgan fingerprint density at radius 1 is 0.930 bits per heavy atom. The van der Waals surface area contributed by atoms with Crippen molar-refractivity contribution >= 4 is 50.7 Å². The van der Waals surface area contributed by atoms with Crippen LogP contribution in [0.1, 0.15) is 38.3 Å². The highest BCUT2D eigenvalue weighted by molar-refractivity contribution is 7.92. The zero-order valence-corrected chi connectivity index (χ0v) is 26.6. The number of anilines is 1. The Balaban J connectivity index is 1.76. The number of amides is 2. The van der Waals surface area contributed by atoms with Crippen LogP contribution in [0.25, 0.3) is 0 Å². The Hall–Kier alpha value is -3.47. The molecule has 0 unspecified atom stereocenters. The predicted octanol–water partition coefficient (Wildman–Crippen LogP) is 5.43. The lowest BCUT2D eigenvalue weighted by Crippen LogP contribution is -2.54. The Kier molecular flexibility index (Phi) is 10.8. The number of benzene rings is 3. The average molecular weight is 649 g/mol. The summed E-state index contributed by atoms with van der Waals surface area (Å²) >= 11 is 12.4. The molecule has 1 heterocycles. The van der Waals surface area contributed by atoms with Crippen LogP contribution in [-0.2, 0) is 32.6 Å². The van der Waals surface area contributed by atoms with Gasteiger partial charge in [0.15, 0.2) is 11.5 Å².